The Balaban J connectivity index is 1.30. The van der Waals surface area contributed by atoms with Crippen molar-refractivity contribution in [2.75, 3.05) is 26.2 Å². The fourth-order valence-electron chi connectivity index (χ4n) is 2.96. The van der Waals surface area contributed by atoms with Crippen molar-refractivity contribution in [3.8, 4) is 0 Å². The molecular weight excluding hydrogens is 344 g/mol. The molecule has 9 heteroatoms. The van der Waals surface area contributed by atoms with Crippen LogP contribution < -0.4 is 0 Å². The van der Waals surface area contributed by atoms with Crippen LogP contribution in [0, 0.1) is 10.1 Å². The molecule has 4 rings (SSSR count). The molecule has 2 fully saturated rings. The summed E-state index contributed by atoms with van der Waals surface area (Å²) in [5, 5.41) is 13.9. The summed E-state index contributed by atoms with van der Waals surface area (Å²) < 4.78 is 5.00. The maximum absolute atomic E-state index is 12.4. The van der Waals surface area contributed by atoms with Crippen LogP contribution in [-0.4, -0.2) is 51.8 Å². The fourth-order valence-corrected chi connectivity index (χ4v) is 3.88. The number of carbonyl (C=O) groups excluding carboxylic acids is 1. The molecule has 0 radical (unpaired) electrons. The molecule has 0 spiro atoms. The monoisotopic (exact) mass is 362 g/mol. The quantitative estimate of drug-likeness (QED) is 0.599. The molecule has 1 aliphatic carbocycles. The summed E-state index contributed by atoms with van der Waals surface area (Å²) in [6, 6.07) is 2.57. The van der Waals surface area contributed by atoms with E-state index in [1.54, 1.807) is 16.2 Å². The van der Waals surface area contributed by atoms with Crippen LogP contribution in [0.4, 0.5) is 5.88 Å². The Bertz CT molecular complexity index is 790. The molecule has 132 valence electrons. The van der Waals surface area contributed by atoms with Crippen LogP contribution in [0.15, 0.2) is 21.9 Å². The Morgan fingerprint density at radius 2 is 2.08 bits per heavy atom. The average Bonchev–Trinajstić information content (AvgIpc) is 3.15. The molecule has 0 unspecified atom stereocenters. The number of nitrogens with zero attached hydrogens (tertiary/aromatic N) is 4. The molecule has 1 aliphatic heterocycles. The molecule has 2 aliphatic rings. The smallest absolute Gasteiger partial charge is 0.395 e. The van der Waals surface area contributed by atoms with Crippen LogP contribution >= 0.6 is 11.3 Å². The first-order valence-corrected chi connectivity index (χ1v) is 9.18. The molecule has 0 atom stereocenters. The molecule has 3 heterocycles. The van der Waals surface area contributed by atoms with E-state index in [0.29, 0.717) is 19.0 Å². The predicted octanol–water partition coefficient (Wildman–Crippen LogP) is 2.48. The van der Waals surface area contributed by atoms with E-state index in [4.69, 9.17) is 9.40 Å². The molecular formula is C16H18N4O4S. The van der Waals surface area contributed by atoms with Crippen molar-refractivity contribution in [2.45, 2.75) is 25.3 Å². The second-order valence-electron chi connectivity index (χ2n) is 6.40. The van der Waals surface area contributed by atoms with Gasteiger partial charge in [-0.2, -0.15) is 0 Å². The Labute approximate surface area is 148 Å². The minimum atomic E-state index is -0.640. The SMILES string of the molecule is O=C(c1ccc([N+](=O)[O-])o1)N1CCN(Cc2nc(C3CC3)cs2)CC1. The van der Waals surface area contributed by atoms with Gasteiger partial charge >= 0.3 is 5.88 Å². The maximum atomic E-state index is 12.4. The van der Waals surface area contributed by atoms with Gasteiger partial charge in [-0.25, -0.2) is 4.98 Å². The van der Waals surface area contributed by atoms with Crippen molar-refractivity contribution in [1.29, 1.82) is 0 Å². The molecule has 1 saturated carbocycles. The summed E-state index contributed by atoms with van der Waals surface area (Å²) in [4.78, 5) is 31.0. The third-order valence-electron chi connectivity index (χ3n) is 4.57. The lowest BCUT2D eigenvalue weighted by molar-refractivity contribution is -0.402. The summed E-state index contributed by atoms with van der Waals surface area (Å²) in [6.45, 7) is 3.48. The van der Waals surface area contributed by atoms with Gasteiger partial charge in [-0.05, 0) is 18.9 Å². The van der Waals surface area contributed by atoms with Gasteiger partial charge in [0.25, 0.3) is 5.91 Å². The van der Waals surface area contributed by atoms with Gasteiger partial charge < -0.3 is 9.32 Å². The third kappa shape index (κ3) is 3.57. The van der Waals surface area contributed by atoms with Crippen LogP contribution in [0.2, 0.25) is 0 Å². The number of carbonyl (C=O) groups is 1. The van der Waals surface area contributed by atoms with Crippen molar-refractivity contribution < 1.29 is 14.1 Å². The lowest BCUT2D eigenvalue weighted by Gasteiger charge is -2.33. The fraction of sp³-hybridized carbons (Fsp3) is 0.500. The average molecular weight is 362 g/mol. The minimum Gasteiger partial charge on any atom is -0.395 e. The number of nitro groups is 1. The van der Waals surface area contributed by atoms with E-state index in [2.05, 4.69) is 10.3 Å². The van der Waals surface area contributed by atoms with Crippen LogP contribution in [0.25, 0.3) is 0 Å². The van der Waals surface area contributed by atoms with Gasteiger partial charge in [0.15, 0.2) is 5.76 Å². The van der Waals surface area contributed by atoms with Crippen LogP contribution in [0.1, 0.15) is 40.0 Å². The molecule has 2 aromatic rings. The zero-order valence-electron chi connectivity index (χ0n) is 13.6. The standard InChI is InChI=1S/C16H18N4O4S/c21-16(13-3-4-15(24-13)20(22)23)19-7-5-18(6-8-19)9-14-17-12(10-25-14)11-1-2-11/h3-4,10-11H,1-2,5-9H2. The minimum absolute atomic E-state index is 0.0224. The number of hydrogen-bond acceptors (Lipinski definition) is 7. The predicted molar refractivity (Wildman–Crippen MR) is 90.6 cm³/mol. The zero-order valence-corrected chi connectivity index (χ0v) is 14.4. The Hall–Kier alpha value is -2.26. The number of rotatable bonds is 5. The van der Waals surface area contributed by atoms with Gasteiger partial charge in [-0.3, -0.25) is 19.8 Å². The normalized spacial score (nSPS) is 18.5. The molecule has 1 amide bonds. The van der Waals surface area contributed by atoms with Crippen LogP contribution in [0.5, 0.6) is 0 Å². The lowest BCUT2D eigenvalue weighted by Crippen LogP contribution is -2.48. The summed E-state index contributed by atoms with van der Waals surface area (Å²) >= 11 is 1.71. The molecule has 0 aromatic carbocycles. The Morgan fingerprint density at radius 1 is 1.32 bits per heavy atom. The highest BCUT2D eigenvalue weighted by Gasteiger charge is 2.28. The number of hydrogen-bond donors (Lipinski definition) is 0. The third-order valence-corrected chi connectivity index (χ3v) is 5.42. The second-order valence-corrected chi connectivity index (χ2v) is 7.35. The first-order valence-electron chi connectivity index (χ1n) is 8.30. The molecule has 25 heavy (non-hydrogen) atoms. The second kappa shape index (κ2) is 6.57. The number of aromatic nitrogens is 1. The van der Waals surface area contributed by atoms with Gasteiger partial charge in [0.2, 0.25) is 0 Å². The highest BCUT2D eigenvalue weighted by Crippen LogP contribution is 2.40. The van der Waals surface area contributed by atoms with E-state index in [1.807, 2.05) is 0 Å². The van der Waals surface area contributed by atoms with E-state index in [1.165, 1.54) is 30.7 Å². The van der Waals surface area contributed by atoms with E-state index < -0.39 is 10.8 Å². The van der Waals surface area contributed by atoms with Crippen molar-refractivity contribution in [1.82, 2.24) is 14.8 Å². The maximum Gasteiger partial charge on any atom is 0.433 e. The molecule has 0 bridgehead atoms. The first kappa shape index (κ1) is 16.2. The molecule has 8 nitrogen and oxygen atoms in total. The number of thiazole rings is 1. The molecule has 1 saturated heterocycles. The van der Waals surface area contributed by atoms with Crippen molar-refractivity contribution in [3.05, 3.63) is 44.1 Å². The molecule has 0 N–H and O–H groups in total. The largest absolute Gasteiger partial charge is 0.433 e. The van der Waals surface area contributed by atoms with Gasteiger partial charge in [0, 0.05) is 37.5 Å². The lowest BCUT2D eigenvalue weighted by atomic mass is 10.3. The van der Waals surface area contributed by atoms with Gasteiger partial charge in [-0.1, -0.05) is 0 Å². The van der Waals surface area contributed by atoms with E-state index in [9.17, 15) is 14.9 Å². The van der Waals surface area contributed by atoms with Crippen LogP contribution in [0.3, 0.4) is 0 Å². The Kier molecular flexibility index (Phi) is 4.26. The highest BCUT2D eigenvalue weighted by atomic mass is 32.1. The van der Waals surface area contributed by atoms with Crippen LogP contribution in [-0.2, 0) is 6.54 Å². The summed E-state index contributed by atoms with van der Waals surface area (Å²) in [6.07, 6.45) is 2.52. The zero-order chi connectivity index (χ0) is 17.4. The molecule has 2 aromatic heterocycles. The number of amides is 1. The number of piperazine rings is 1. The topological polar surface area (TPSA) is 92.7 Å². The van der Waals surface area contributed by atoms with Gasteiger partial charge in [0.1, 0.15) is 9.93 Å². The van der Waals surface area contributed by atoms with Crippen molar-refractivity contribution >= 4 is 23.1 Å². The summed E-state index contributed by atoms with van der Waals surface area (Å²) in [5.74, 6) is 0.00112. The van der Waals surface area contributed by atoms with E-state index in [-0.39, 0.29) is 11.7 Å². The summed E-state index contributed by atoms with van der Waals surface area (Å²) in [7, 11) is 0. The van der Waals surface area contributed by atoms with E-state index >= 15 is 0 Å². The van der Waals surface area contributed by atoms with Gasteiger partial charge in [0.05, 0.1) is 18.3 Å². The van der Waals surface area contributed by atoms with Crippen molar-refractivity contribution in [3.63, 3.8) is 0 Å². The first-order chi connectivity index (χ1) is 12.1. The Morgan fingerprint density at radius 3 is 2.72 bits per heavy atom. The number of furan rings is 1. The van der Waals surface area contributed by atoms with Gasteiger partial charge in [-0.15, -0.1) is 11.3 Å². The van der Waals surface area contributed by atoms with Crippen molar-refractivity contribution in [2.24, 2.45) is 0 Å². The van der Waals surface area contributed by atoms with E-state index in [0.717, 1.165) is 24.6 Å². The summed E-state index contributed by atoms with van der Waals surface area (Å²) in [5.41, 5.74) is 1.23. The highest BCUT2D eigenvalue weighted by molar-refractivity contribution is 7.09.